The minimum atomic E-state index is -3.77. The van der Waals surface area contributed by atoms with Crippen LogP contribution < -0.4 is 4.74 Å². The zero-order valence-corrected chi connectivity index (χ0v) is 15.7. The Labute approximate surface area is 161 Å². The van der Waals surface area contributed by atoms with Gasteiger partial charge >= 0.3 is 0 Å². The molecule has 2 aromatic rings. The molecule has 9 heteroatoms. The molecule has 0 bridgehead atoms. The molecule has 1 fully saturated rings. The van der Waals surface area contributed by atoms with Gasteiger partial charge in [0.1, 0.15) is 16.5 Å². The second kappa shape index (κ2) is 7.44. The van der Waals surface area contributed by atoms with Crippen molar-refractivity contribution in [1.82, 2.24) is 4.31 Å². The summed E-state index contributed by atoms with van der Waals surface area (Å²) in [5.74, 6) is -0.489. The van der Waals surface area contributed by atoms with Gasteiger partial charge in [0.25, 0.3) is 0 Å². The van der Waals surface area contributed by atoms with E-state index in [0.717, 1.165) is 6.07 Å². The maximum absolute atomic E-state index is 13.6. The van der Waals surface area contributed by atoms with Crippen molar-refractivity contribution in [1.29, 1.82) is 0 Å². The number of rotatable bonds is 6. The maximum Gasteiger partial charge on any atom is 0.244 e. The predicted octanol–water partition coefficient (Wildman–Crippen LogP) is 3.09. The van der Waals surface area contributed by atoms with E-state index >= 15 is 0 Å². The lowest BCUT2D eigenvalue weighted by Crippen LogP contribution is -2.62. The van der Waals surface area contributed by atoms with E-state index in [4.69, 9.17) is 22.9 Å². The Morgan fingerprint density at radius 1 is 1.30 bits per heavy atom. The molecule has 1 saturated heterocycles. The van der Waals surface area contributed by atoms with Crippen LogP contribution in [-0.2, 0) is 10.0 Å². The summed E-state index contributed by atoms with van der Waals surface area (Å²) < 4.78 is 45.7. The van der Waals surface area contributed by atoms with E-state index in [0.29, 0.717) is 0 Å². The third-order valence-corrected chi connectivity index (χ3v) is 6.69. The standard InChI is InChI=1S/C18H16ClFN2O4S/c1-21-16-7-6-13(8-15(16)20)26-12-18(11-23)9-22(10-18)27(24,25)17-5-3-2-4-14(17)19/h2-8,23H,9-12H2. The van der Waals surface area contributed by atoms with Gasteiger partial charge in [-0.15, -0.1) is 0 Å². The summed E-state index contributed by atoms with van der Waals surface area (Å²) in [4.78, 5) is 3.04. The van der Waals surface area contributed by atoms with Crippen molar-refractivity contribution in [2.75, 3.05) is 26.3 Å². The second-order valence-electron chi connectivity index (χ2n) is 6.38. The fourth-order valence-electron chi connectivity index (χ4n) is 2.81. The van der Waals surface area contributed by atoms with E-state index in [1.165, 1.54) is 28.6 Å². The summed E-state index contributed by atoms with van der Waals surface area (Å²) in [6.45, 7) is 6.66. The number of nitrogens with zero attached hydrogens (tertiary/aromatic N) is 2. The van der Waals surface area contributed by atoms with E-state index in [9.17, 15) is 17.9 Å². The highest BCUT2D eigenvalue weighted by Crippen LogP contribution is 2.37. The third kappa shape index (κ3) is 3.77. The molecule has 2 aromatic carbocycles. The van der Waals surface area contributed by atoms with Crippen molar-refractivity contribution in [2.45, 2.75) is 4.90 Å². The Morgan fingerprint density at radius 3 is 2.59 bits per heavy atom. The van der Waals surface area contributed by atoms with Gasteiger partial charge < -0.3 is 9.84 Å². The molecule has 0 atom stereocenters. The lowest BCUT2D eigenvalue weighted by atomic mass is 9.83. The SMILES string of the molecule is [C-]#[N+]c1ccc(OCC2(CO)CN(S(=O)(=O)c3ccccc3Cl)C2)cc1F. The fraction of sp³-hybridized carbons (Fsp3) is 0.278. The number of ether oxygens (including phenoxy) is 1. The molecule has 0 unspecified atom stereocenters. The van der Waals surface area contributed by atoms with E-state index in [-0.39, 0.29) is 47.7 Å². The second-order valence-corrected chi connectivity index (χ2v) is 8.69. The number of hydrogen-bond donors (Lipinski definition) is 1. The molecule has 0 saturated carbocycles. The van der Waals surface area contributed by atoms with Crippen LogP contribution >= 0.6 is 11.6 Å². The van der Waals surface area contributed by atoms with Crippen molar-refractivity contribution in [3.05, 3.63) is 64.7 Å². The molecule has 27 heavy (non-hydrogen) atoms. The van der Waals surface area contributed by atoms with Crippen LogP contribution in [0, 0.1) is 17.8 Å². The van der Waals surface area contributed by atoms with Gasteiger partial charge in [-0.3, -0.25) is 0 Å². The van der Waals surface area contributed by atoms with E-state index in [1.54, 1.807) is 12.1 Å². The Bertz CT molecular complexity index is 1000. The molecule has 0 amide bonds. The minimum Gasteiger partial charge on any atom is -0.493 e. The summed E-state index contributed by atoms with van der Waals surface area (Å²) in [7, 11) is -3.77. The average Bonchev–Trinajstić information content (AvgIpc) is 2.61. The van der Waals surface area contributed by atoms with Crippen LogP contribution in [0.4, 0.5) is 10.1 Å². The van der Waals surface area contributed by atoms with Gasteiger partial charge in [-0.1, -0.05) is 23.7 Å². The lowest BCUT2D eigenvalue weighted by Gasteiger charge is -2.47. The van der Waals surface area contributed by atoms with Crippen LogP contribution in [-0.4, -0.2) is 44.1 Å². The summed E-state index contributed by atoms with van der Waals surface area (Å²) >= 11 is 5.98. The minimum absolute atomic E-state index is 0.00878. The molecular weight excluding hydrogens is 395 g/mol. The molecular formula is C18H16ClFN2O4S. The largest absolute Gasteiger partial charge is 0.493 e. The van der Waals surface area contributed by atoms with Gasteiger partial charge in [0, 0.05) is 19.2 Å². The molecule has 3 rings (SSSR count). The zero-order valence-electron chi connectivity index (χ0n) is 14.1. The first kappa shape index (κ1) is 19.6. The van der Waals surface area contributed by atoms with Gasteiger partial charge in [-0.05, 0) is 24.3 Å². The molecule has 0 aliphatic carbocycles. The fourth-order valence-corrected chi connectivity index (χ4v) is 4.97. The van der Waals surface area contributed by atoms with Crippen molar-refractivity contribution in [2.24, 2.45) is 5.41 Å². The normalized spacial score (nSPS) is 16.4. The first-order valence-corrected chi connectivity index (χ1v) is 9.78. The van der Waals surface area contributed by atoms with Gasteiger partial charge in [0.05, 0.1) is 30.2 Å². The highest BCUT2D eigenvalue weighted by atomic mass is 35.5. The summed E-state index contributed by atoms with van der Waals surface area (Å²) in [5.41, 5.74) is -0.900. The van der Waals surface area contributed by atoms with E-state index in [2.05, 4.69) is 4.85 Å². The average molecular weight is 411 g/mol. The molecule has 6 nitrogen and oxygen atoms in total. The molecule has 142 valence electrons. The molecule has 1 aliphatic heterocycles. The smallest absolute Gasteiger partial charge is 0.244 e. The molecule has 0 aromatic heterocycles. The zero-order chi connectivity index (χ0) is 19.7. The van der Waals surface area contributed by atoms with E-state index in [1.807, 2.05) is 0 Å². The van der Waals surface area contributed by atoms with Gasteiger partial charge in [-0.2, -0.15) is 4.31 Å². The van der Waals surface area contributed by atoms with Crippen LogP contribution in [0.5, 0.6) is 5.75 Å². The molecule has 1 heterocycles. The Morgan fingerprint density at radius 2 is 2.00 bits per heavy atom. The highest BCUT2D eigenvalue weighted by molar-refractivity contribution is 7.89. The Hall–Kier alpha value is -2.18. The highest BCUT2D eigenvalue weighted by Gasteiger charge is 2.49. The summed E-state index contributed by atoms with van der Waals surface area (Å²) in [5, 5.41) is 9.85. The maximum atomic E-state index is 13.6. The molecule has 0 radical (unpaired) electrons. The van der Waals surface area contributed by atoms with Gasteiger partial charge in [0.15, 0.2) is 0 Å². The topological polar surface area (TPSA) is 71.2 Å². The third-order valence-electron chi connectivity index (χ3n) is 4.40. The first-order valence-electron chi connectivity index (χ1n) is 7.97. The number of sulfonamides is 1. The lowest BCUT2D eigenvalue weighted by molar-refractivity contribution is -0.0272. The summed E-state index contributed by atoms with van der Waals surface area (Å²) in [6, 6.07) is 10.0. The van der Waals surface area contributed by atoms with Crippen LogP contribution in [0.1, 0.15) is 0 Å². The van der Waals surface area contributed by atoms with Crippen molar-refractivity contribution in [3.63, 3.8) is 0 Å². The van der Waals surface area contributed by atoms with Gasteiger partial charge in [0.2, 0.25) is 15.7 Å². The monoisotopic (exact) mass is 410 g/mol. The molecule has 0 spiro atoms. The number of aliphatic hydroxyl groups is 1. The van der Waals surface area contributed by atoms with Crippen molar-refractivity contribution < 1.29 is 22.7 Å². The van der Waals surface area contributed by atoms with Crippen LogP contribution in [0.25, 0.3) is 4.85 Å². The van der Waals surface area contributed by atoms with Crippen LogP contribution in [0.3, 0.4) is 0 Å². The van der Waals surface area contributed by atoms with Crippen LogP contribution in [0.2, 0.25) is 5.02 Å². The number of benzene rings is 2. The Balaban J connectivity index is 1.68. The van der Waals surface area contributed by atoms with Crippen molar-refractivity contribution in [3.8, 4) is 5.75 Å². The van der Waals surface area contributed by atoms with Gasteiger partial charge in [-0.25, -0.2) is 17.7 Å². The molecule has 1 aliphatic rings. The van der Waals surface area contributed by atoms with Crippen molar-refractivity contribution >= 4 is 27.3 Å². The number of aliphatic hydroxyl groups excluding tert-OH is 1. The number of hydrogen-bond acceptors (Lipinski definition) is 4. The predicted molar refractivity (Wildman–Crippen MR) is 97.9 cm³/mol. The van der Waals surface area contributed by atoms with Crippen LogP contribution in [0.15, 0.2) is 47.4 Å². The van der Waals surface area contributed by atoms with E-state index < -0.39 is 21.3 Å². The molecule has 1 N–H and O–H groups in total. The number of halogens is 2. The first-order chi connectivity index (χ1) is 12.8. The Kier molecular flexibility index (Phi) is 5.40. The quantitative estimate of drug-likeness (QED) is 0.743. The summed E-state index contributed by atoms with van der Waals surface area (Å²) in [6.07, 6.45) is 0.